The standard InChI is InChI=1S/C16H27N3O/c1-2-5-17-10-14-9-16(20-13-14)12-18-7-8-19-6-3-4-15(19)11-18/h9,13,15,17H,2-8,10-12H2,1H3. The molecule has 4 nitrogen and oxygen atoms in total. The van der Waals surface area contributed by atoms with Crippen molar-refractivity contribution in [2.75, 3.05) is 32.7 Å². The van der Waals surface area contributed by atoms with E-state index in [2.05, 4.69) is 28.1 Å². The smallest absolute Gasteiger partial charge is 0.118 e. The molecule has 1 aromatic heterocycles. The summed E-state index contributed by atoms with van der Waals surface area (Å²) < 4.78 is 5.71. The van der Waals surface area contributed by atoms with Crippen molar-refractivity contribution >= 4 is 0 Å². The van der Waals surface area contributed by atoms with E-state index >= 15 is 0 Å². The van der Waals surface area contributed by atoms with E-state index in [4.69, 9.17) is 4.42 Å². The Balaban J connectivity index is 1.48. The van der Waals surface area contributed by atoms with Crippen molar-refractivity contribution in [2.45, 2.75) is 45.3 Å². The van der Waals surface area contributed by atoms with Gasteiger partial charge in [-0.2, -0.15) is 0 Å². The molecular weight excluding hydrogens is 250 g/mol. The first-order chi connectivity index (χ1) is 9.85. The van der Waals surface area contributed by atoms with Gasteiger partial charge in [0, 0.05) is 37.8 Å². The predicted molar refractivity (Wildman–Crippen MR) is 80.6 cm³/mol. The second-order valence-electron chi connectivity index (χ2n) is 6.17. The highest BCUT2D eigenvalue weighted by Crippen LogP contribution is 2.22. The van der Waals surface area contributed by atoms with E-state index in [1.54, 1.807) is 0 Å². The number of piperazine rings is 1. The Morgan fingerprint density at radius 2 is 2.30 bits per heavy atom. The number of rotatable bonds is 6. The van der Waals surface area contributed by atoms with Crippen LogP contribution in [0.5, 0.6) is 0 Å². The molecule has 2 aliphatic rings. The zero-order valence-corrected chi connectivity index (χ0v) is 12.6. The van der Waals surface area contributed by atoms with Crippen LogP contribution < -0.4 is 5.32 Å². The van der Waals surface area contributed by atoms with Crippen LogP contribution in [0.15, 0.2) is 16.7 Å². The summed E-state index contributed by atoms with van der Waals surface area (Å²) >= 11 is 0. The number of nitrogens with zero attached hydrogens (tertiary/aromatic N) is 2. The summed E-state index contributed by atoms with van der Waals surface area (Å²) in [6.07, 6.45) is 5.84. The molecule has 20 heavy (non-hydrogen) atoms. The molecule has 4 heteroatoms. The van der Waals surface area contributed by atoms with E-state index < -0.39 is 0 Å². The topological polar surface area (TPSA) is 31.7 Å². The Labute approximate surface area is 122 Å². The molecule has 2 fully saturated rings. The van der Waals surface area contributed by atoms with Crippen molar-refractivity contribution in [3.05, 3.63) is 23.7 Å². The van der Waals surface area contributed by atoms with Crippen LogP contribution in [0.25, 0.3) is 0 Å². The summed E-state index contributed by atoms with van der Waals surface area (Å²) in [6.45, 7) is 10.1. The minimum absolute atomic E-state index is 0.796. The molecule has 1 N–H and O–H groups in total. The highest BCUT2D eigenvalue weighted by Gasteiger charge is 2.30. The second kappa shape index (κ2) is 6.74. The highest BCUT2D eigenvalue weighted by atomic mass is 16.3. The summed E-state index contributed by atoms with van der Waals surface area (Å²) in [4.78, 5) is 5.20. The van der Waals surface area contributed by atoms with Crippen molar-refractivity contribution in [3.63, 3.8) is 0 Å². The molecule has 2 aliphatic heterocycles. The molecule has 0 amide bonds. The fraction of sp³-hybridized carbons (Fsp3) is 0.750. The van der Waals surface area contributed by atoms with Gasteiger partial charge in [-0.1, -0.05) is 6.92 Å². The predicted octanol–water partition coefficient (Wildman–Crippen LogP) is 2.06. The molecule has 1 unspecified atom stereocenters. The third kappa shape index (κ3) is 3.43. The van der Waals surface area contributed by atoms with Gasteiger partial charge in [-0.25, -0.2) is 0 Å². The maximum absolute atomic E-state index is 5.71. The van der Waals surface area contributed by atoms with Crippen LogP contribution >= 0.6 is 0 Å². The minimum Gasteiger partial charge on any atom is -0.468 e. The lowest BCUT2D eigenvalue weighted by molar-refractivity contribution is 0.0941. The molecule has 0 aliphatic carbocycles. The Hall–Kier alpha value is -0.840. The maximum Gasteiger partial charge on any atom is 0.118 e. The summed E-state index contributed by atoms with van der Waals surface area (Å²) in [5.74, 6) is 1.12. The van der Waals surface area contributed by atoms with E-state index in [-0.39, 0.29) is 0 Å². The lowest BCUT2D eigenvalue weighted by Gasteiger charge is -2.37. The Morgan fingerprint density at radius 3 is 3.20 bits per heavy atom. The lowest BCUT2D eigenvalue weighted by Crippen LogP contribution is -2.49. The van der Waals surface area contributed by atoms with Gasteiger partial charge < -0.3 is 9.73 Å². The highest BCUT2D eigenvalue weighted by molar-refractivity contribution is 5.12. The molecule has 3 heterocycles. The summed E-state index contributed by atoms with van der Waals surface area (Å²) in [5.41, 5.74) is 1.27. The van der Waals surface area contributed by atoms with E-state index in [1.807, 2.05) is 6.26 Å². The number of furan rings is 1. The van der Waals surface area contributed by atoms with Gasteiger partial charge in [-0.05, 0) is 38.4 Å². The summed E-state index contributed by atoms with van der Waals surface area (Å²) in [5, 5.41) is 3.42. The van der Waals surface area contributed by atoms with Crippen LogP contribution in [0, 0.1) is 0 Å². The van der Waals surface area contributed by atoms with Gasteiger partial charge in [0.1, 0.15) is 5.76 Å². The fourth-order valence-corrected chi connectivity index (χ4v) is 3.43. The van der Waals surface area contributed by atoms with Crippen LogP contribution in [-0.4, -0.2) is 48.6 Å². The van der Waals surface area contributed by atoms with Gasteiger partial charge >= 0.3 is 0 Å². The molecule has 0 saturated carbocycles. The van der Waals surface area contributed by atoms with Crippen LogP contribution in [0.2, 0.25) is 0 Å². The van der Waals surface area contributed by atoms with Crippen LogP contribution in [0.1, 0.15) is 37.5 Å². The van der Waals surface area contributed by atoms with Crippen LogP contribution in [0.4, 0.5) is 0 Å². The van der Waals surface area contributed by atoms with Gasteiger partial charge in [0.15, 0.2) is 0 Å². The maximum atomic E-state index is 5.71. The number of hydrogen-bond acceptors (Lipinski definition) is 4. The molecule has 1 aromatic rings. The van der Waals surface area contributed by atoms with E-state index in [1.165, 1.54) is 51.0 Å². The minimum atomic E-state index is 0.796. The molecule has 0 bridgehead atoms. The lowest BCUT2D eigenvalue weighted by atomic mass is 10.1. The molecule has 1 atom stereocenters. The SMILES string of the molecule is CCCNCc1coc(CN2CCN3CCCC3C2)c1. The van der Waals surface area contributed by atoms with Crippen LogP contribution in [-0.2, 0) is 13.1 Å². The molecule has 3 rings (SSSR count). The van der Waals surface area contributed by atoms with Gasteiger partial charge in [0.05, 0.1) is 12.8 Å². The first-order valence-electron chi connectivity index (χ1n) is 8.08. The van der Waals surface area contributed by atoms with Gasteiger partial charge in [-0.3, -0.25) is 9.80 Å². The molecule has 2 saturated heterocycles. The average Bonchev–Trinajstić information content (AvgIpc) is 3.08. The van der Waals surface area contributed by atoms with E-state index in [0.29, 0.717) is 0 Å². The van der Waals surface area contributed by atoms with E-state index in [9.17, 15) is 0 Å². The zero-order chi connectivity index (χ0) is 13.8. The number of fused-ring (bicyclic) bond motifs is 1. The van der Waals surface area contributed by atoms with E-state index in [0.717, 1.165) is 31.4 Å². The largest absolute Gasteiger partial charge is 0.468 e. The Kier molecular flexibility index (Phi) is 4.76. The first-order valence-corrected chi connectivity index (χ1v) is 8.08. The molecular formula is C16H27N3O. The molecule has 0 aromatic carbocycles. The normalized spacial score (nSPS) is 24.1. The Bertz CT molecular complexity index is 418. The van der Waals surface area contributed by atoms with Crippen molar-refractivity contribution in [2.24, 2.45) is 0 Å². The quantitative estimate of drug-likeness (QED) is 0.807. The fourth-order valence-electron chi connectivity index (χ4n) is 3.43. The summed E-state index contributed by atoms with van der Waals surface area (Å²) in [7, 11) is 0. The second-order valence-corrected chi connectivity index (χ2v) is 6.17. The van der Waals surface area contributed by atoms with Crippen molar-refractivity contribution in [1.82, 2.24) is 15.1 Å². The molecule has 112 valence electrons. The first kappa shape index (κ1) is 14.1. The van der Waals surface area contributed by atoms with Gasteiger partial charge in [-0.15, -0.1) is 0 Å². The molecule has 0 spiro atoms. The molecule has 0 radical (unpaired) electrons. The van der Waals surface area contributed by atoms with Crippen LogP contribution in [0.3, 0.4) is 0 Å². The number of nitrogens with one attached hydrogen (secondary N) is 1. The zero-order valence-electron chi connectivity index (χ0n) is 12.6. The van der Waals surface area contributed by atoms with Crippen molar-refractivity contribution < 1.29 is 4.42 Å². The third-order valence-electron chi connectivity index (χ3n) is 4.51. The third-order valence-corrected chi connectivity index (χ3v) is 4.51. The number of hydrogen-bond donors (Lipinski definition) is 1. The average molecular weight is 277 g/mol. The van der Waals surface area contributed by atoms with Crippen molar-refractivity contribution in [3.8, 4) is 0 Å². The monoisotopic (exact) mass is 277 g/mol. The van der Waals surface area contributed by atoms with Gasteiger partial charge in [0.2, 0.25) is 0 Å². The van der Waals surface area contributed by atoms with Crippen molar-refractivity contribution in [1.29, 1.82) is 0 Å². The summed E-state index contributed by atoms with van der Waals surface area (Å²) in [6, 6.07) is 3.01. The van der Waals surface area contributed by atoms with Gasteiger partial charge in [0.25, 0.3) is 0 Å². The Morgan fingerprint density at radius 1 is 1.35 bits per heavy atom.